The molecule has 2 N–H and O–H groups in total. The van der Waals surface area contributed by atoms with Crippen molar-refractivity contribution in [1.82, 2.24) is 0 Å². The summed E-state index contributed by atoms with van der Waals surface area (Å²) in [5.41, 5.74) is -5.40. The molecule has 0 aliphatic heterocycles. The van der Waals surface area contributed by atoms with Crippen LogP contribution < -0.4 is 10.8 Å². The van der Waals surface area contributed by atoms with Crippen molar-refractivity contribution in [2.75, 3.05) is 5.73 Å². The van der Waals surface area contributed by atoms with Gasteiger partial charge in [0.05, 0.1) is 5.56 Å². The number of rotatable bonds is 2. The normalized spacial score (nSPS) is 13.6. The van der Waals surface area contributed by atoms with E-state index < -0.39 is 55.9 Å². The number of anilines is 1. The van der Waals surface area contributed by atoms with Gasteiger partial charge in [0.1, 0.15) is 5.69 Å². The van der Waals surface area contributed by atoms with Gasteiger partial charge in [-0.3, -0.25) is 0 Å². The van der Waals surface area contributed by atoms with Crippen molar-refractivity contribution in [2.45, 2.75) is 5.51 Å². The summed E-state index contributed by atoms with van der Waals surface area (Å²) in [6.45, 7) is 0. The van der Waals surface area contributed by atoms with Crippen molar-refractivity contribution in [1.29, 1.82) is 0 Å². The number of nitrogens with zero attached hydrogens (tertiary/aromatic N) is 1. The molecule has 0 radical (unpaired) electrons. The Bertz CT molecular complexity index is 697. The molecule has 0 aromatic heterocycles. The molecule has 13 heteroatoms. The fraction of sp³-hybridized carbons (Fsp3) is 0.125. The molecule has 118 valence electrons. The van der Waals surface area contributed by atoms with E-state index in [9.17, 15) is 44.3 Å². The van der Waals surface area contributed by atoms with Crippen LogP contribution in [-0.4, -0.2) is 19.8 Å². The molecule has 0 spiro atoms. The summed E-state index contributed by atoms with van der Waals surface area (Å²) >= 11 is 0. The molecule has 0 fully saturated rings. The van der Waals surface area contributed by atoms with E-state index in [0.29, 0.717) is 0 Å². The maximum absolute atomic E-state index is 13.2. The van der Waals surface area contributed by atoms with Gasteiger partial charge < -0.3 is 10.8 Å². The lowest BCUT2D eigenvalue weighted by molar-refractivity contribution is -0.213. The number of sulfonamides is 1. The second kappa shape index (κ2) is 5.05. The Hall–Kier alpha value is -2.05. The van der Waals surface area contributed by atoms with Crippen LogP contribution in [0, 0.1) is 23.3 Å². The van der Waals surface area contributed by atoms with E-state index in [4.69, 9.17) is 0 Å². The first kappa shape index (κ1) is 17.0. The van der Waals surface area contributed by atoms with E-state index in [1.54, 1.807) is 0 Å². The van der Waals surface area contributed by atoms with Crippen LogP contribution in [0.3, 0.4) is 0 Å². The molecule has 1 rings (SSSR count). The molecular formula is C8H2F7N2O3S-. The Morgan fingerprint density at radius 1 is 1.00 bits per heavy atom. The zero-order valence-electron chi connectivity index (χ0n) is 9.30. The lowest BCUT2D eigenvalue weighted by Crippen LogP contribution is -2.29. The lowest BCUT2D eigenvalue weighted by atomic mass is 10.1. The van der Waals surface area contributed by atoms with Crippen LogP contribution in [0.25, 0.3) is 0 Å². The second-order valence-electron chi connectivity index (χ2n) is 3.36. The molecule has 0 bridgehead atoms. The third-order valence-corrected chi connectivity index (χ3v) is 3.00. The summed E-state index contributed by atoms with van der Waals surface area (Å²) in [7, 11) is -6.45. The molecule has 21 heavy (non-hydrogen) atoms. The number of hydrogen-bond donors (Lipinski definition) is 1. The van der Waals surface area contributed by atoms with E-state index in [1.807, 2.05) is 0 Å². The van der Waals surface area contributed by atoms with Crippen molar-refractivity contribution in [2.24, 2.45) is 4.40 Å². The number of halogens is 7. The highest BCUT2D eigenvalue weighted by Crippen LogP contribution is 2.28. The first-order valence-electron chi connectivity index (χ1n) is 4.51. The van der Waals surface area contributed by atoms with Crippen LogP contribution in [0.5, 0.6) is 0 Å². The zero-order chi connectivity index (χ0) is 16.7. The third-order valence-electron chi connectivity index (χ3n) is 2.01. The van der Waals surface area contributed by atoms with Crippen LogP contribution in [0.15, 0.2) is 4.40 Å². The van der Waals surface area contributed by atoms with E-state index >= 15 is 0 Å². The van der Waals surface area contributed by atoms with E-state index in [0.717, 1.165) is 0 Å². The summed E-state index contributed by atoms with van der Waals surface area (Å²) in [5, 5.41) is 11.1. The average Bonchev–Trinajstić information content (AvgIpc) is 2.32. The van der Waals surface area contributed by atoms with Gasteiger partial charge in [0.15, 0.2) is 23.3 Å². The predicted molar refractivity (Wildman–Crippen MR) is 52.2 cm³/mol. The molecule has 0 saturated heterocycles. The van der Waals surface area contributed by atoms with Crippen molar-refractivity contribution in [3.05, 3.63) is 28.8 Å². The van der Waals surface area contributed by atoms with Crippen LogP contribution in [0.1, 0.15) is 5.56 Å². The van der Waals surface area contributed by atoms with Crippen molar-refractivity contribution in [3.63, 3.8) is 0 Å². The minimum absolute atomic E-state index is 1.54. The molecule has 1 aromatic carbocycles. The molecule has 0 aliphatic rings. The Kier molecular flexibility index (Phi) is 4.09. The number of nitrogen functional groups attached to an aromatic ring is 1. The predicted octanol–water partition coefficient (Wildman–Crippen LogP) is 0.782. The maximum Gasteiger partial charge on any atom is 0.518 e. The van der Waals surface area contributed by atoms with Crippen LogP contribution in [-0.2, 0) is 10.0 Å². The van der Waals surface area contributed by atoms with E-state index in [-0.39, 0.29) is 0 Å². The van der Waals surface area contributed by atoms with Gasteiger partial charge in [-0.25, -0.2) is 17.6 Å². The van der Waals surface area contributed by atoms with Crippen LogP contribution >= 0.6 is 0 Å². The highest BCUT2D eigenvalue weighted by Gasteiger charge is 2.46. The first-order valence-corrected chi connectivity index (χ1v) is 5.95. The number of nitrogens with two attached hydrogens (primary N) is 1. The molecule has 1 aromatic rings. The molecular weight excluding hydrogens is 337 g/mol. The van der Waals surface area contributed by atoms with Gasteiger partial charge >= 0.3 is 15.5 Å². The minimum Gasteiger partial charge on any atom is -0.857 e. The van der Waals surface area contributed by atoms with Gasteiger partial charge in [0.2, 0.25) is 0 Å². The Morgan fingerprint density at radius 2 is 1.38 bits per heavy atom. The minimum atomic E-state index is -6.45. The molecule has 0 heterocycles. The fourth-order valence-electron chi connectivity index (χ4n) is 1.04. The summed E-state index contributed by atoms with van der Waals surface area (Å²) < 4.78 is 111. The van der Waals surface area contributed by atoms with Crippen LogP contribution in [0.2, 0.25) is 0 Å². The number of benzene rings is 1. The summed E-state index contributed by atoms with van der Waals surface area (Å²) in [4.78, 5) is 0. The SMILES string of the molecule is Nc1c(F)c(F)c(/C([O-])=N/S(=O)(=O)C(F)(F)F)c(F)c1F. The topological polar surface area (TPSA) is 95.6 Å². The quantitative estimate of drug-likeness (QED) is 0.283. The smallest absolute Gasteiger partial charge is 0.518 e. The van der Waals surface area contributed by atoms with Crippen LogP contribution in [0.4, 0.5) is 36.4 Å². The van der Waals surface area contributed by atoms with E-state index in [1.165, 1.54) is 4.40 Å². The highest BCUT2D eigenvalue weighted by atomic mass is 32.2. The number of hydrogen-bond acceptors (Lipinski definition) is 4. The van der Waals surface area contributed by atoms with Gasteiger partial charge in [-0.2, -0.15) is 26.0 Å². The van der Waals surface area contributed by atoms with Gasteiger partial charge in [-0.1, -0.05) is 0 Å². The van der Waals surface area contributed by atoms with Gasteiger partial charge in [0.25, 0.3) is 0 Å². The summed E-state index contributed by atoms with van der Waals surface area (Å²) in [6.07, 6.45) is 0. The Labute approximate surface area is 111 Å². The first-order chi connectivity index (χ1) is 9.31. The Balaban J connectivity index is 3.64. The average molecular weight is 339 g/mol. The summed E-state index contributed by atoms with van der Waals surface area (Å²) in [5.74, 6) is -12.2. The van der Waals surface area contributed by atoms with Crippen molar-refractivity contribution >= 4 is 21.6 Å². The lowest BCUT2D eigenvalue weighted by Gasteiger charge is -2.15. The molecule has 0 aliphatic carbocycles. The van der Waals surface area contributed by atoms with Crippen molar-refractivity contribution < 1.29 is 44.3 Å². The monoisotopic (exact) mass is 339 g/mol. The van der Waals surface area contributed by atoms with Gasteiger partial charge in [0, 0.05) is 5.90 Å². The summed E-state index contributed by atoms with van der Waals surface area (Å²) in [6, 6.07) is 0. The van der Waals surface area contributed by atoms with Gasteiger partial charge in [-0.15, -0.1) is 0 Å². The zero-order valence-corrected chi connectivity index (χ0v) is 10.1. The number of alkyl halides is 3. The standard InChI is InChI=1S/C8H3F7N2O3S/c9-2-1(3(10)5(12)6(16)4(2)11)7(18)17-21(19,20)8(13,14)15/h16H2,(H,17,18)/p-1. The third kappa shape index (κ3) is 2.86. The molecule has 0 atom stereocenters. The Morgan fingerprint density at radius 3 is 1.71 bits per heavy atom. The molecule has 0 saturated carbocycles. The molecule has 5 nitrogen and oxygen atoms in total. The highest BCUT2D eigenvalue weighted by molar-refractivity contribution is 7.91. The maximum atomic E-state index is 13.2. The molecule has 0 unspecified atom stereocenters. The van der Waals surface area contributed by atoms with Gasteiger partial charge in [-0.05, 0) is 0 Å². The largest absolute Gasteiger partial charge is 0.857 e. The fourth-order valence-corrected chi connectivity index (χ4v) is 1.46. The molecule has 0 amide bonds. The second-order valence-corrected chi connectivity index (χ2v) is 4.96. The van der Waals surface area contributed by atoms with Crippen molar-refractivity contribution in [3.8, 4) is 0 Å². The van der Waals surface area contributed by atoms with E-state index in [2.05, 4.69) is 5.73 Å².